The van der Waals surface area contributed by atoms with Gasteiger partial charge in [-0.1, -0.05) is 0 Å². The molecule has 0 radical (unpaired) electrons. The molecule has 1 heterocycles. The van der Waals surface area contributed by atoms with Crippen molar-refractivity contribution in [3.8, 4) is 0 Å². The number of piperazine rings is 1. The summed E-state index contributed by atoms with van der Waals surface area (Å²) in [6, 6.07) is 0.203. The average Bonchev–Trinajstić information content (AvgIpc) is 2.01. The molecule has 0 bridgehead atoms. The fourth-order valence-corrected chi connectivity index (χ4v) is 1.61. The zero-order valence-electron chi connectivity index (χ0n) is 8.56. The van der Waals surface area contributed by atoms with Crippen LogP contribution in [0.4, 0.5) is 0 Å². The highest BCUT2D eigenvalue weighted by molar-refractivity contribution is 5.80. The fourth-order valence-electron chi connectivity index (χ4n) is 1.61. The van der Waals surface area contributed by atoms with Crippen molar-refractivity contribution >= 4 is 11.9 Å². The van der Waals surface area contributed by atoms with Crippen LogP contribution in [0.15, 0.2) is 0 Å². The second-order valence-corrected chi connectivity index (χ2v) is 3.79. The number of carboxylic acid groups (broad SMARTS) is 1. The molecule has 0 unspecified atom stereocenters. The van der Waals surface area contributed by atoms with Gasteiger partial charge in [-0.15, -0.1) is 0 Å². The van der Waals surface area contributed by atoms with E-state index in [-0.39, 0.29) is 25.0 Å². The Morgan fingerprint density at radius 2 is 2.14 bits per heavy atom. The van der Waals surface area contributed by atoms with E-state index in [0.29, 0.717) is 13.1 Å². The summed E-state index contributed by atoms with van der Waals surface area (Å²) in [7, 11) is 0. The lowest BCUT2D eigenvalue weighted by atomic mass is 10.2. The topological polar surface area (TPSA) is 60.9 Å². The molecular formula is C9H16N2O3. The highest BCUT2D eigenvalue weighted by Gasteiger charge is 2.26. The standard InChI is InChI=1S/C9H16N2O3/c1-7(2)11-4-3-10(5-8(11)12)6-9(13)14/h7H,3-6H2,1-2H3,(H,13,14). The molecule has 1 amide bonds. The van der Waals surface area contributed by atoms with Gasteiger partial charge in [0.25, 0.3) is 0 Å². The zero-order chi connectivity index (χ0) is 10.7. The lowest BCUT2D eigenvalue weighted by Crippen LogP contribution is -2.53. The minimum atomic E-state index is -0.879. The summed E-state index contributed by atoms with van der Waals surface area (Å²) in [5.41, 5.74) is 0. The number of nitrogens with zero attached hydrogens (tertiary/aromatic N) is 2. The molecule has 0 aromatic heterocycles. The van der Waals surface area contributed by atoms with E-state index in [1.165, 1.54) is 0 Å². The largest absolute Gasteiger partial charge is 0.480 e. The van der Waals surface area contributed by atoms with Gasteiger partial charge in [-0.05, 0) is 13.8 Å². The molecule has 5 nitrogen and oxygen atoms in total. The monoisotopic (exact) mass is 200 g/mol. The first kappa shape index (κ1) is 11.0. The number of carboxylic acids is 1. The highest BCUT2D eigenvalue weighted by Crippen LogP contribution is 2.06. The third kappa shape index (κ3) is 2.70. The average molecular weight is 200 g/mol. The summed E-state index contributed by atoms with van der Waals surface area (Å²) in [6.45, 7) is 5.39. The predicted octanol–water partition coefficient (Wildman–Crippen LogP) is -0.376. The molecule has 1 N–H and O–H groups in total. The third-order valence-corrected chi connectivity index (χ3v) is 2.32. The van der Waals surface area contributed by atoms with Gasteiger partial charge in [-0.25, -0.2) is 0 Å². The summed E-state index contributed by atoms with van der Waals surface area (Å²) in [4.78, 5) is 25.4. The van der Waals surface area contributed by atoms with E-state index in [1.807, 2.05) is 13.8 Å². The van der Waals surface area contributed by atoms with Gasteiger partial charge in [0.15, 0.2) is 0 Å². The quantitative estimate of drug-likeness (QED) is 0.675. The minimum Gasteiger partial charge on any atom is -0.480 e. The number of carbonyl (C=O) groups is 2. The van der Waals surface area contributed by atoms with Crippen LogP contribution in [0.2, 0.25) is 0 Å². The molecule has 0 spiro atoms. The van der Waals surface area contributed by atoms with Crippen molar-refractivity contribution in [3.05, 3.63) is 0 Å². The maximum absolute atomic E-state index is 11.5. The van der Waals surface area contributed by atoms with E-state index in [9.17, 15) is 9.59 Å². The lowest BCUT2D eigenvalue weighted by Gasteiger charge is -2.35. The molecule has 14 heavy (non-hydrogen) atoms. The number of hydrogen-bond acceptors (Lipinski definition) is 3. The van der Waals surface area contributed by atoms with Crippen LogP contribution in [0.5, 0.6) is 0 Å². The van der Waals surface area contributed by atoms with Crippen molar-refractivity contribution in [1.29, 1.82) is 0 Å². The molecule has 1 rings (SSSR count). The molecule has 5 heteroatoms. The Balaban J connectivity index is 2.47. The van der Waals surface area contributed by atoms with Crippen LogP contribution < -0.4 is 0 Å². The Bertz CT molecular complexity index is 240. The summed E-state index contributed by atoms with van der Waals surface area (Å²) >= 11 is 0. The van der Waals surface area contributed by atoms with Crippen molar-refractivity contribution in [1.82, 2.24) is 9.80 Å². The third-order valence-electron chi connectivity index (χ3n) is 2.32. The number of aliphatic carboxylic acids is 1. The molecule has 80 valence electrons. The summed E-state index contributed by atoms with van der Waals surface area (Å²) in [5.74, 6) is -0.858. The first-order valence-electron chi connectivity index (χ1n) is 4.74. The second kappa shape index (κ2) is 4.41. The summed E-state index contributed by atoms with van der Waals surface area (Å²) in [5, 5.41) is 8.56. The molecule has 0 aromatic carbocycles. The SMILES string of the molecule is CC(C)N1CCN(CC(=O)O)CC1=O. The molecule has 0 aromatic rings. The van der Waals surface area contributed by atoms with E-state index in [0.717, 1.165) is 0 Å². The van der Waals surface area contributed by atoms with Crippen molar-refractivity contribution in [2.75, 3.05) is 26.2 Å². The van der Waals surface area contributed by atoms with E-state index in [2.05, 4.69) is 0 Å². The van der Waals surface area contributed by atoms with Crippen LogP contribution in [0, 0.1) is 0 Å². The Kier molecular flexibility index (Phi) is 3.46. The molecule has 0 atom stereocenters. The predicted molar refractivity (Wildman–Crippen MR) is 50.9 cm³/mol. The van der Waals surface area contributed by atoms with Gasteiger partial charge >= 0.3 is 5.97 Å². The van der Waals surface area contributed by atoms with E-state index in [1.54, 1.807) is 9.80 Å². The second-order valence-electron chi connectivity index (χ2n) is 3.79. The van der Waals surface area contributed by atoms with Crippen molar-refractivity contribution < 1.29 is 14.7 Å². The first-order chi connectivity index (χ1) is 6.50. The van der Waals surface area contributed by atoms with Gasteiger partial charge in [0.1, 0.15) is 0 Å². The Hall–Kier alpha value is -1.10. The van der Waals surface area contributed by atoms with Crippen LogP contribution in [0.25, 0.3) is 0 Å². The van der Waals surface area contributed by atoms with Gasteiger partial charge in [0.05, 0.1) is 13.1 Å². The van der Waals surface area contributed by atoms with Crippen LogP contribution in [0.1, 0.15) is 13.8 Å². The van der Waals surface area contributed by atoms with Crippen LogP contribution >= 0.6 is 0 Å². The van der Waals surface area contributed by atoms with E-state index < -0.39 is 5.97 Å². The number of carbonyl (C=O) groups excluding carboxylic acids is 1. The van der Waals surface area contributed by atoms with Gasteiger partial charge in [-0.3, -0.25) is 14.5 Å². The van der Waals surface area contributed by atoms with E-state index in [4.69, 9.17) is 5.11 Å². The molecule has 1 aliphatic heterocycles. The van der Waals surface area contributed by atoms with Gasteiger partial charge in [-0.2, -0.15) is 0 Å². The van der Waals surface area contributed by atoms with Crippen molar-refractivity contribution in [2.45, 2.75) is 19.9 Å². The maximum atomic E-state index is 11.5. The van der Waals surface area contributed by atoms with Crippen molar-refractivity contribution in [3.63, 3.8) is 0 Å². The highest BCUT2D eigenvalue weighted by atomic mass is 16.4. The zero-order valence-corrected chi connectivity index (χ0v) is 8.56. The Labute approximate surface area is 83.3 Å². The van der Waals surface area contributed by atoms with Gasteiger partial charge in [0, 0.05) is 19.1 Å². The molecule has 1 saturated heterocycles. The van der Waals surface area contributed by atoms with Gasteiger partial charge < -0.3 is 10.0 Å². The van der Waals surface area contributed by atoms with Gasteiger partial charge in [0.2, 0.25) is 5.91 Å². The molecular weight excluding hydrogens is 184 g/mol. The minimum absolute atomic E-state index is 0.0208. The summed E-state index contributed by atoms with van der Waals surface area (Å²) < 4.78 is 0. The Morgan fingerprint density at radius 3 is 2.57 bits per heavy atom. The maximum Gasteiger partial charge on any atom is 0.317 e. The smallest absolute Gasteiger partial charge is 0.317 e. The number of amides is 1. The Morgan fingerprint density at radius 1 is 1.50 bits per heavy atom. The molecule has 1 aliphatic rings. The number of hydrogen-bond donors (Lipinski definition) is 1. The molecule has 1 fully saturated rings. The van der Waals surface area contributed by atoms with Crippen LogP contribution in [-0.4, -0.2) is 59.0 Å². The normalized spacial score (nSPS) is 19.1. The van der Waals surface area contributed by atoms with E-state index >= 15 is 0 Å². The first-order valence-corrected chi connectivity index (χ1v) is 4.74. The number of rotatable bonds is 3. The van der Waals surface area contributed by atoms with Crippen LogP contribution in [0.3, 0.4) is 0 Å². The summed E-state index contributed by atoms with van der Waals surface area (Å²) in [6.07, 6.45) is 0. The fraction of sp³-hybridized carbons (Fsp3) is 0.778. The van der Waals surface area contributed by atoms with Crippen molar-refractivity contribution in [2.24, 2.45) is 0 Å². The van der Waals surface area contributed by atoms with Crippen LogP contribution in [-0.2, 0) is 9.59 Å². The molecule has 0 saturated carbocycles. The lowest BCUT2D eigenvalue weighted by molar-refractivity contribution is -0.143. The molecule has 0 aliphatic carbocycles.